The standard InChI is InChI=1S/C23H32N2O2.ClH/c1-18(2)25(19(3)4)17-16-24(5)22(26)23(27,20-12-8-6-9-13-20)21-14-10-7-11-15-21;/h6-15,18-19,27H,16-17H2,1-5H3;1H. The van der Waals surface area contributed by atoms with Crippen molar-refractivity contribution < 1.29 is 9.90 Å². The number of hydrogen-bond acceptors (Lipinski definition) is 3. The van der Waals surface area contributed by atoms with Crippen LogP contribution < -0.4 is 0 Å². The minimum Gasteiger partial charge on any atom is -0.372 e. The fourth-order valence-electron chi connectivity index (χ4n) is 3.53. The van der Waals surface area contributed by atoms with Crippen molar-refractivity contribution >= 4 is 18.3 Å². The van der Waals surface area contributed by atoms with E-state index in [1.165, 1.54) is 0 Å². The molecule has 0 aliphatic heterocycles. The van der Waals surface area contributed by atoms with Crippen molar-refractivity contribution in [3.8, 4) is 0 Å². The van der Waals surface area contributed by atoms with E-state index < -0.39 is 5.60 Å². The molecule has 0 saturated heterocycles. The zero-order chi connectivity index (χ0) is 20.0. The molecule has 2 aromatic rings. The predicted molar refractivity (Wildman–Crippen MR) is 118 cm³/mol. The van der Waals surface area contributed by atoms with Crippen molar-refractivity contribution in [1.82, 2.24) is 9.80 Å². The van der Waals surface area contributed by atoms with Crippen LogP contribution in [0.2, 0.25) is 0 Å². The Kier molecular flexibility index (Phi) is 9.15. The van der Waals surface area contributed by atoms with Gasteiger partial charge in [0.15, 0.2) is 5.60 Å². The molecule has 2 rings (SSSR count). The Hall–Kier alpha value is -1.88. The minimum absolute atomic E-state index is 0. The fraction of sp³-hybridized carbons (Fsp3) is 0.435. The second kappa shape index (κ2) is 10.6. The first-order valence-electron chi connectivity index (χ1n) is 9.63. The SMILES string of the molecule is CC(C)N(CCN(C)C(=O)C(O)(c1ccccc1)c1ccccc1)C(C)C.Cl. The molecule has 0 aromatic heterocycles. The number of hydrogen-bond donors (Lipinski definition) is 1. The third-order valence-corrected chi connectivity index (χ3v) is 5.06. The Morgan fingerprint density at radius 3 is 1.61 bits per heavy atom. The molecule has 1 N–H and O–H groups in total. The molecule has 4 nitrogen and oxygen atoms in total. The lowest BCUT2D eigenvalue weighted by molar-refractivity contribution is -0.147. The highest BCUT2D eigenvalue weighted by Gasteiger charge is 2.41. The lowest BCUT2D eigenvalue weighted by Gasteiger charge is -2.35. The van der Waals surface area contributed by atoms with E-state index in [1.807, 2.05) is 36.4 Å². The van der Waals surface area contributed by atoms with E-state index in [0.717, 1.165) is 6.54 Å². The largest absolute Gasteiger partial charge is 0.372 e. The van der Waals surface area contributed by atoms with Gasteiger partial charge in [-0.2, -0.15) is 0 Å². The monoisotopic (exact) mass is 404 g/mol. The number of halogens is 1. The Labute approximate surface area is 175 Å². The maximum Gasteiger partial charge on any atom is 0.263 e. The number of aliphatic hydroxyl groups is 1. The Bertz CT molecular complexity index is 672. The molecule has 1 amide bonds. The topological polar surface area (TPSA) is 43.8 Å². The molecule has 0 heterocycles. The average Bonchev–Trinajstić information content (AvgIpc) is 2.67. The van der Waals surface area contributed by atoms with Gasteiger partial charge >= 0.3 is 0 Å². The lowest BCUT2D eigenvalue weighted by Crippen LogP contribution is -2.49. The van der Waals surface area contributed by atoms with E-state index in [2.05, 4.69) is 32.6 Å². The van der Waals surface area contributed by atoms with Crippen molar-refractivity contribution in [2.24, 2.45) is 0 Å². The summed E-state index contributed by atoms with van der Waals surface area (Å²) < 4.78 is 0. The number of amides is 1. The van der Waals surface area contributed by atoms with Gasteiger partial charge in [0.2, 0.25) is 0 Å². The molecular weight excluding hydrogens is 372 g/mol. The Morgan fingerprint density at radius 2 is 1.25 bits per heavy atom. The lowest BCUT2D eigenvalue weighted by atomic mass is 9.85. The van der Waals surface area contributed by atoms with Crippen LogP contribution >= 0.6 is 12.4 Å². The summed E-state index contributed by atoms with van der Waals surface area (Å²) in [5.41, 5.74) is -0.534. The molecule has 28 heavy (non-hydrogen) atoms. The molecule has 0 spiro atoms. The normalized spacial score (nSPS) is 11.6. The maximum absolute atomic E-state index is 13.4. The quantitative estimate of drug-likeness (QED) is 0.725. The molecule has 0 aliphatic carbocycles. The van der Waals surface area contributed by atoms with E-state index in [9.17, 15) is 9.90 Å². The van der Waals surface area contributed by atoms with E-state index in [1.54, 1.807) is 36.2 Å². The summed E-state index contributed by atoms with van der Waals surface area (Å²) in [4.78, 5) is 17.4. The van der Waals surface area contributed by atoms with E-state index >= 15 is 0 Å². The molecule has 5 heteroatoms. The van der Waals surface area contributed by atoms with Gasteiger partial charge in [-0.25, -0.2) is 0 Å². The Balaban J connectivity index is 0.00000392. The minimum atomic E-state index is -1.70. The van der Waals surface area contributed by atoms with Crippen molar-refractivity contribution in [3.63, 3.8) is 0 Å². The summed E-state index contributed by atoms with van der Waals surface area (Å²) in [6.45, 7) is 9.95. The third-order valence-electron chi connectivity index (χ3n) is 5.06. The number of carbonyl (C=O) groups excluding carboxylic acids is 1. The van der Waals surface area contributed by atoms with Crippen LogP contribution in [0.5, 0.6) is 0 Å². The second-order valence-electron chi connectivity index (χ2n) is 7.59. The van der Waals surface area contributed by atoms with Gasteiger partial charge in [-0.05, 0) is 38.8 Å². The average molecular weight is 405 g/mol. The van der Waals surface area contributed by atoms with Crippen molar-refractivity contribution in [2.45, 2.75) is 45.4 Å². The van der Waals surface area contributed by atoms with Gasteiger partial charge in [0.25, 0.3) is 5.91 Å². The second-order valence-corrected chi connectivity index (χ2v) is 7.59. The van der Waals surface area contributed by atoms with Crippen LogP contribution in [0.15, 0.2) is 60.7 Å². The van der Waals surface area contributed by atoms with Crippen LogP contribution in [0, 0.1) is 0 Å². The van der Waals surface area contributed by atoms with Gasteiger partial charge in [0, 0.05) is 32.2 Å². The molecule has 0 atom stereocenters. The zero-order valence-corrected chi connectivity index (χ0v) is 18.3. The number of carbonyl (C=O) groups is 1. The highest BCUT2D eigenvalue weighted by atomic mass is 35.5. The van der Waals surface area contributed by atoms with Gasteiger partial charge in [0.05, 0.1) is 0 Å². The highest BCUT2D eigenvalue weighted by molar-refractivity contribution is 5.90. The summed E-state index contributed by atoms with van der Waals surface area (Å²) in [5.74, 6) is -0.313. The van der Waals surface area contributed by atoms with Crippen LogP contribution in [0.4, 0.5) is 0 Å². The molecule has 2 aromatic carbocycles. The van der Waals surface area contributed by atoms with Gasteiger partial charge in [-0.15, -0.1) is 12.4 Å². The first-order chi connectivity index (χ1) is 12.8. The van der Waals surface area contributed by atoms with Crippen LogP contribution in [-0.2, 0) is 10.4 Å². The molecule has 0 unspecified atom stereocenters. The van der Waals surface area contributed by atoms with Crippen LogP contribution in [0.3, 0.4) is 0 Å². The molecular formula is C23H33ClN2O2. The number of rotatable bonds is 8. The Morgan fingerprint density at radius 1 is 0.857 bits per heavy atom. The maximum atomic E-state index is 13.4. The van der Waals surface area contributed by atoms with Gasteiger partial charge in [-0.1, -0.05) is 60.7 Å². The van der Waals surface area contributed by atoms with Crippen LogP contribution in [-0.4, -0.2) is 53.0 Å². The fourth-order valence-corrected chi connectivity index (χ4v) is 3.53. The molecule has 0 bridgehead atoms. The molecule has 0 fully saturated rings. The summed E-state index contributed by atoms with van der Waals surface area (Å²) in [6, 6.07) is 19.1. The molecule has 154 valence electrons. The highest BCUT2D eigenvalue weighted by Crippen LogP contribution is 2.31. The number of nitrogens with zero attached hydrogens (tertiary/aromatic N) is 2. The van der Waals surface area contributed by atoms with Gasteiger partial charge in [0.1, 0.15) is 0 Å². The summed E-state index contributed by atoms with van der Waals surface area (Å²) >= 11 is 0. The van der Waals surface area contributed by atoms with Crippen molar-refractivity contribution in [3.05, 3.63) is 71.8 Å². The summed E-state index contributed by atoms with van der Waals surface area (Å²) in [6.07, 6.45) is 0. The van der Waals surface area contributed by atoms with E-state index in [4.69, 9.17) is 0 Å². The molecule has 0 radical (unpaired) electrons. The predicted octanol–water partition coefficient (Wildman–Crippen LogP) is 3.92. The van der Waals surface area contributed by atoms with Crippen LogP contribution in [0.25, 0.3) is 0 Å². The molecule has 0 saturated carbocycles. The molecule has 0 aliphatic rings. The van der Waals surface area contributed by atoms with Gasteiger partial charge < -0.3 is 10.0 Å². The van der Waals surface area contributed by atoms with E-state index in [0.29, 0.717) is 29.8 Å². The summed E-state index contributed by atoms with van der Waals surface area (Å²) in [5, 5.41) is 11.6. The number of benzene rings is 2. The van der Waals surface area contributed by atoms with Gasteiger partial charge in [-0.3, -0.25) is 9.69 Å². The summed E-state index contributed by atoms with van der Waals surface area (Å²) in [7, 11) is 1.76. The third kappa shape index (κ3) is 5.34. The van der Waals surface area contributed by atoms with E-state index in [-0.39, 0.29) is 18.3 Å². The van der Waals surface area contributed by atoms with Crippen molar-refractivity contribution in [2.75, 3.05) is 20.1 Å². The smallest absolute Gasteiger partial charge is 0.263 e. The first-order valence-corrected chi connectivity index (χ1v) is 9.63. The zero-order valence-electron chi connectivity index (χ0n) is 17.5. The number of likely N-dealkylation sites (N-methyl/N-ethyl adjacent to an activating group) is 1. The van der Waals surface area contributed by atoms with Crippen molar-refractivity contribution in [1.29, 1.82) is 0 Å². The first kappa shape index (κ1) is 24.2. The van der Waals surface area contributed by atoms with Crippen LogP contribution in [0.1, 0.15) is 38.8 Å².